The zero-order chi connectivity index (χ0) is 13.7. The molecule has 0 bridgehead atoms. The van der Waals surface area contributed by atoms with Crippen LogP contribution in [0.2, 0.25) is 0 Å². The van der Waals surface area contributed by atoms with Crippen LogP contribution in [0, 0.1) is 0 Å². The minimum atomic E-state index is -0.0538. The molecular weight excluding hydrogens is 306 g/mol. The molecule has 0 N–H and O–H groups in total. The van der Waals surface area contributed by atoms with Crippen molar-refractivity contribution in [1.82, 2.24) is 4.98 Å². The van der Waals surface area contributed by atoms with Gasteiger partial charge in [-0.05, 0) is 36.8 Å². The average Bonchev–Trinajstić information content (AvgIpc) is 2.45. The van der Waals surface area contributed by atoms with Crippen LogP contribution >= 0.6 is 15.9 Å². The molecule has 3 nitrogen and oxygen atoms in total. The molecule has 2 aromatic rings. The van der Waals surface area contributed by atoms with Crippen molar-refractivity contribution >= 4 is 21.7 Å². The summed E-state index contributed by atoms with van der Waals surface area (Å²) in [5.74, 6) is 0.576. The second-order valence-electron chi connectivity index (χ2n) is 4.09. The lowest BCUT2D eigenvalue weighted by molar-refractivity contribution is 0.103. The molecule has 0 saturated heterocycles. The van der Waals surface area contributed by atoms with Gasteiger partial charge in [0.1, 0.15) is 5.75 Å². The molecule has 0 aliphatic heterocycles. The van der Waals surface area contributed by atoms with Crippen molar-refractivity contribution in [2.75, 3.05) is 6.61 Å². The maximum atomic E-state index is 12.3. The van der Waals surface area contributed by atoms with Gasteiger partial charge in [-0.15, -0.1) is 0 Å². The summed E-state index contributed by atoms with van der Waals surface area (Å²) in [5, 5.41) is 0. The van der Waals surface area contributed by atoms with E-state index >= 15 is 0 Å². The van der Waals surface area contributed by atoms with Crippen molar-refractivity contribution in [2.24, 2.45) is 0 Å². The van der Waals surface area contributed by atoms with Gasteiger partial charge in [-0.25, -0.2) is 0 Å². The molecule has 19 heavy (non-hydrogen) atoms. The van der Waals surface area contributed by atoms with E-state index in [1.807, 2.05) is 19.1 Å². The highest BCUT2D eigenvalue weighted by Crippen LogP contribution is 2.17. The van der Waals surface area contributed by atoms with Crippen molar-refractivity contribution in [2.45, 2.75) is 13.3 Å². The molecule has 0 fully saturated rings. The average molecular weight is 320 g/mol. The Morgan fingerprint density at radius 2 is 1.95 bits per heavy atom. The molecule has 0 amide bonds. The predicted molar refractivity (Wildman–Crippen MR) is 77.6 cm³/mol. The Morgan fingerprint density at radius 3 is 2.63 bits per heavy atom. The Labute approximate surface area is 120 Å². The van der Waals surface area contributed by atoms with Crippen molar-refractivity contribution in [3.8, 4) is 5.75 Å². The normalized spacial score (nSPS) is 10.2. The molecule has 0 saturated carbocycles. The van der Waals surface area contributed by atoms with Gasteiger partial charge in [0, 0.05) is 21.8 Å². The van der Waals surface area contributed by atoms with Gasteiger partial charge in [0.2, 0.25) is 0 Å². The molecule has 0 aliphatic carbocycles. The summed E-state index contributed by atoms with van der Waals surface area (Å²) in [4.78, 5) is 16.3. The zero-order valence-electron chi connectivity index (χ0n) is 10.6. The van der Waals surface area contributed by atoms with Crippen LogP contribution in [0.5, 0.6) is 5.75 Å². The molecular formula is C15H14BrNO2. The molecule has 98 valence electrons. The van der Waals surface area contributed by atoms with Gasteiger partial charge >= 0.3 is 0 Å². The molecule has 1 aromatic heterocycles. The number of aromatic nitrogens is 1. The first-order chi connectivity index (χ1) is 9.20. The standard InChI is InChI=1S/C15H14BrNO2/c1-2-7-19-14-8-12(9-17-10-14)15(18)11-3-5-13(16)6-4-11/h3-6,8-10H,2,7H2,1H3. The second kappa shape index (κ2) is 6.48. The molecule has 4 heteroatoms. The van der Waals surface area contributed by atoms with Crippen LogP contribution in [-0.4, -0.2) is 17.4 Å². The monoisotopic (exact) mass is 319 g/mol. The Morgan fingerprint density at radius 1 is 1.21 bits per heavy atom. The molecule has 1 aromatic carbocycles. The van der Waals surface area contributed by atoms with E-state index in [2.05, 4.69) is 20.9 Å². The first kappa shape index (κ1) is 13.7. The fraction of sp³-hybridized carbons (Fsp3) is 0.200. The largest absolute Gasteiger partial charge is 0.492 e. The number of hydrogen-bond acceptors (Lipinski definition) is 3. The van der Waals surface area contributed by atoms with E-state index in [0.717, 1.165) is 10.9 Å². The Bertz CT molecular complexity index is 567. The maximum absolute atomic E-state index is 12.3. The van der Waals surface area contributed by atoms with E-state index in [-0.39, 0.29) is 5.78 Å². The minimum Gasteiger partial charge on any atom is -0.492 e. The highest BCUT2D eigenvalue weighted by atomic mass is 79.9. The number of rotatable bonds is 5. The lowest BCUT2D eigenvalue weighted by Crippen LogP contribution is -2.03. The van der Waals surface area contributed by atoms with Gasteiger partial charge in [-0.1, -0.05) is 22.9 Å². The van der Waals surface area contributed by atoms with E-state index in [9.17, 15) is 4.79 Å². The number of nitrogens with zero attached hydrogens (tertiary/aromatic N) is 1. The summed E-state index contributed by atoms with van der Waals surface area (Å²) in [5.41, 5.74) is 1.17. The molecule has 1 heterocycles. The topological polar surface area (TPSA) is 39.2 Å². The van der Waals surface area contributed by atoms with Gasteiger partial charge in [-0.2, -0.15) is 0 Å². The van der Waals surface area contributed by atoms with Crippen LogP contribution in [0.1, 0.15) is 29.3 Å². The quantitative estimate of drug-likeness (QED) is 0.785. The number of hydrogen-bond donors (Lipinski definition) is 0. The van der Waals surface area contributed by atoms with Crippen LogP contribution in [0.15, 0.2) is 47.2 Å². The summed E-state index contributed by atoms with van der Waals surface area (Å²) >= 11 is 3.35. The molecule has 0 aliphatic rings. The fourth-order valence-electron chi connectivity index (χ4n) is 1.61. The molecule has 0 radical (unpaired) electrons. The van der Waals surface area contributed by atoms with E-state index in [1.54, 1.807) is 30.6 Å². The van der Waals surface area contributed by atoms with Crippen LogP contribution < -0.4 is 4.74 Å². The number of carbonyl (C=O) groups excluding carboxylic acids is 1. The third-order valence-corrected chi connectivity index (χ3v) is 3.08. The third-order valence-electron chi connectivity index (χ3n) is 2.55. The smallest absolute Gasteiger partial charge is 0.194 e. The first-order valence-electron chi connectivity index (χ1n) is 6.09. The third kappa shape index (κ3) is 3.64. The number of halogens is 1. The Balaban J connectivity index is 2.21. The number of ether oxygens (including phenoxy) is 1. The van der Waals surface area contributed by atoms with Crippen LogP contribution in [0.25, 0.3) is 0 Å². The number of pyridine rings is 1. The SMILES string of the molecule is CCCOc1cncc(C(=O)c2ccc(Br)cc2)c1. The van der Waals surface area contributed by atoms with Crippen LogP contribution in [0.4, 0.5) is 0 Å². The molecule has 2 rings (SSSR count). The summed E-state index contributed by atoms with van der Waals surface area (Å²) < 4.78 is 6.43. The van der Waals surface area contributed by atoms with Gasteiger partial charge in [-0.3, -0.25) is 9.78 Å². The van der Waals surface area contributed by atoms with E-state index in [0.29, 0.717) is 23.5 Å². The Kier molecular flexibility index (Phi) is 4.68. The highest BCUT2D eigenvalue weighted by molar-refractivity contribution is 9.10. The first-order valence-corrected chi connectivity index (χ1v) is 6.88. The fourth-order valence-corrected chi connectivity index (χ4v) is 1.87. The second-order valence-corrected chi connectivity index (χ2v) is 5.01. The van der Waals surface area contributed by atoms with Crippen molar-refractivity contribution in [3.05, 3.63) is 58.3 Å². The van der Waals surface area contributed by atoms with Crippen LogP contribution in [0.3, 0.4) is 0 Å². The van der Waals surface area contributed by atoms with Crippen LogP contribution in [-0.2, 0) is 0 Å². The summed E-state index contributed by atoms with van der Waals surface area (Å²) in [6.45, 7) is 2.65. The van der Waals surface area contributed by atoms with Gasteiger partial charge < -0.3 is 4.74 Å². The molecule has 0 unspecified atom stereocenters. The number of ketones is 1. The van der Waals surface area contributed by atoms with Gasteiger partial charge in [0.25, 0.3) is 0 Å². The van der Waals surface area contributed by atoms with E-state index in [1.165, 1.54) is 0 Å². The molecule has 0 atom stereocenters. The summed E-state index contributed by atoms with van der Waals surface area (Å²) in [6, 6.07) is 8.99. The number of carbonyl (C=O) groups is 1. The number of benzene rings is 1. The van der Waals surface area contributed by atoms with Crippen molar-refractivity contribution < 1.29 is 9.53 Å². The zero-order valence-corrected chi connectivity index (χ0v) is 12.2. The maximum Gasteiger partial charge on any atom is 0.194 e. The lowest BCUT2D eigenvalue weighted by Gasteiger charge is -2.06. The van der Waals surface area contributed by atoms with Gasteiger partial charge in [0.05, 0.1) is 12.8 Å². The summed E-state index contributed by atoms with van der Waals surface area (Å²) in [6.07, 6.45) is 4.10. The molecule has 0 spiro atoms. The minimum absolute atomic E-state index is 0.0538. The van der Waals surface area contributed by atoms with E-state index in [4.69, 9.17) is 4.74 Å². The highest BCUT2D eigenvalue weighted by Gasteiger charge is 2.10. The Hall–Kier alpha value is -1.68. The van der Waals surface area contributed by atoms with E-state index < -0.39 is 0 Å². The summed E-state index contributed by atoms with van der Waals surface area (Å²) in [7, 11) is 0. The predicted octanol–water partition coefficient (Wildman–Crippen LogP) is 3.86. The lowest BCUT2D eigenvalue weighted by atomic mass is 10.1. The van der Waals surface area contributed by atoms with Gasteiger partial charge in [0.15, 0.2) is 5.78 Å². The van der Waals surface area contributed by atoms with Crippen molar-refractivity contribution in [1.29, 1.82) is 0 Å². The van der Waals surface area contributed by atoms with Crippen molar-refractivity contribution in [3.63, 3.8) is 0 Å².